The van der Waals surface area contributed by atoms with Gasteiger partial charge in [-0.15, -0.1) is 0 Å². The zero-order chi connectivity index (χ0) is 16.1. The lowest BCUT2D eigenvalue weighted by Gasteiger charge is -2.06. The molecule has 6 heteroatoms. The lowest BCUT2D eigenvalue weighted by Crippen LogP contribution is -2.11. The highest BCUT2D eigenvalue weighted by molar-refractivity contribution is 7.98. The largest absolute Gasteiger partial charge is 0.322 e. The van der Waals surface area contributed by atoms with E-state index in [2.05, 4.69) is 20.5 Å². The Morgan fingerprint density at radius 3 is 2.52 bits per heavy atom. The van der Waals surface area contributed by atoms with Gasteiger partial charge in [-0.1, -0.05) is 41.6 Å². The number of amides is 1. The number of anilines is 1. The van der Waals surface area contributed by atoms with Crippen molar-refractivity contribution in [3.63, 3.8) is 0 Å². The van der Waals surface area contributed by atoms with Crippen molar-refractivity contribution in [1.29, 1.82) is 0 Å². The number of carbonyl (C=O) groups is 1. The third-order valence-electron chi connectivity index (χ3n) is 3.29. The molecule has 1 aromatic heterocycles. The van der Waals surface area contributed by atoms with Gasteiger partial charge in [-0.2, -0.15) is 5.10 Å². The van der Waals surface area contributed by atoms with Crippen LogP contribution in [0.3, 0.4) is 0 Å². The summed E-state index contributed by atoms with van der Waals surface area (Å²) in [7, 11) is 0. The van der Waals surface area contributed by atoms with Crippen molar-refractivity contribution in [3.8, 4) is 0 Å². The Hall–Kier alpha value is -2.60. The molecule has 0 saturated carbocycles. The van der Waals surface area contributed by atoms with Crippen LogP contribution < -0.4 is 5.32 Å². The zero-order valence-corrected chi connectivity index (χ0v) is 13.4. The minimum Gasteiger partial charge on any atom is -0.322 e. The van der Waals surface area contributed by atoms with Gasteiger partial charge in [0, 0.05) is 17.0 Å². The maximum absolute atomic E-state index is 12.2. The number of nitrogens with one attached hydrogen (secondary N) is 2. The van der Waals surface area contributed by atoms with Crippen molar-refractivity contribution < 1.29 is 4.79 Å². The first-order chi connectivity index (χ1) is 11.2. The molecule has 2 aromatic carbocycles. The van der Waals surface area contributed by atoms with Crippen LogP contribution in [0.2, 0.25) is 0 Å². The van der Waals surface area contributed by atoms with Crippen LogP contribution in [-0.2, 0) is 5.75 Å². The van der Waals surface area contributed by atoms with Gasteiger partial charge >= 0.3 is 0 Å². The summed E-state index contributed by atoms with van der Waals surface area (Å²) in [6.45, 7) is 2.02. The molecule has 0 unspecified atom stereocenters. The fraction of sp³-hybridized carbons (Fsp3) is 0.118. The van der Waals surface area contributed by atoms with Gasteiger partial charge in [0.25, 0.3) is 5.91 Å². The van der Waals surface area contributed by atoms with Gasteiger partial charge in [0.2, 0.25) is 0 Å². The number of aromatic nitrogens is 3. The highest BCUT2D eigenvalue weighted by Crippen LogP contribution is 2.19. The summed E-state index contributed by atoms with van der Waals surface area (Å²) >= 11 is 1.57. The Morgan fingerprint density at radius 2 is 1.87 bits per heavy atom. The molecule has 3 aromatic rings. The molecule has 0 saturated heterocycles. The maximum atomic E-state index is 12.2. The van der Waals surface area contributed by atoms with Crippen LogP contribution in [0.1, 0.15) is 21.5 Å². The Balaban J connectivity index is 1.59. The SMILES string of the molecule is Cc1ccc(NC(=O)c2ccc(CSc3ncn[nH]3)cc2)cc1. The molecule has 0 aliphatic rings. The second-order valence-corrected chi connectivity index (χ2v) is 6.06. The molecule has 23 heavy (non-hydrogen) atoms. The van der Waals surface area contributed by atoms with E-state index in [9.17, 15) is 4.79 Å². The van der Waals surface area contributed by atoms with Gasteiger partial charge in [-0.25, -0.2) is 4.98 Å². The number of thioether (sulfide) groups is 1. The molecule has 0 spiro atoms. The first kappa shape index (κ1) is 15.3. The lowest BCUT2D eigenvalue weighted by molar-refractivity contribution is 0.102. The van der Waals surface area contributed by atoms with Crippen molar-refractivity contribution in [2.45, 2.75) is 17.8 Å². The van der Waals surface area contributed by atoms with Gasteiger partial charge in [0.15, 0.2) is 5.16 Å². The minimum atomic E-state index is -0.108. The quantitative estimate of drug-likeness (QED) is 0.703. The molecular formula is C17H16N4OS. The van der Waals surface area contributed by atoms with Crippen molar-refractivity contribution in [2.24, 2.45) is 0 Å². The molecule has 1 amide bonds. The van der Waals surface area contributed by atoms with Crippen LogP contribution in [0, 0.1) is 6.92 Å². The monoisotopic (exact) mass is 324 g/mol. The van der Waals surface area contributed by atoms with Crippen LogP contribution in [-0.4, -0.2) is 21.1 Å². The molecular weight excluding hydrogens is 308 g/mol. The summed E-state index contributed by atoms with van der Waals surface area (Å²) in [6.07, 6.45) is 1.49. The van der Waals surface area contributed by atoms with Crippen LogP contribution in [0.25, 0.3) is 0 Å². The molecule has 0 bridgehead atoms. The van der Waals surface area contributed by atoms with Crippen molar-refractivity contribution >= 4 is 23.4 Å². The smallest absolute Gasteiger partial charge is 0.255 e. The second-order valence-electron chi connectivity index (χ2n) is 5.10. The van der Waals surface area contributed by atoms with Crippen molar-refractivity contribution in [2.75, 3.05) is 5.32 Å². The average molecular weight is 324 g/mol. The minimum absolute atomic E-state index is 0.108. The number of rotatable bonds is 5. The number of H-pyrrole nitrogens is 1. The summed E-state index contributed by atoms with van der Waals surface area (Å²) in [6, 6.07) is 15.3. The lowest BCUT2D eigenvalue weighted by atomic mass is 10.1. The fourth-order valence-electron chi connectivity index (χ4n) is 2.01. The molecule has 1 heterocycles. The number of benzene rings is 2. The standard InChI is InChI=1S/C17H16N4OS/c1-12-2-8-15(9-3-12)20-16(22)14-6-4-13(5-7-14)10-23-17-18-11-19-21-17/h2-9,11H,10H2,1H3,(H,20,22)(H,18,19,21). The van der Waals surface area contributed by atoms with E-state index in [4.69, 9.17) is 0 Å². The number of hydrogen-bond donors (Lipinski definition) is 2. The predicted octanol–water partition coefficient (Wildman–Crippen LogP) is 3.66. The van der Waals surface area contributed by atoms with E-state index in [0.717, 1.165) is 27.7 Å². The topological polar surface area (TPSA) is 70.7 Å². The van der Waals surface area contributed by atoms with E-state index in [1.54, 1.807) is 11.8 Å². The first-order valence-electron chi connectivity index (χ1n) is 7.16. The maximum Gasteiger partial charge on any atom is 0.255 e. The Kier molecular flexibility index (Phi) is 4.73. The molecule has 0 fully saturated rings. The van der Waals surface area contributed by atoms with Gasteiger partial charge in [0.05, 0.1) is 0 Å². The molecule has 0 aliphatic carbocycles. The van der Waals surface area contributed by atoms with E-state index < -0.39 is 0 Å². The molecule has 0 aliphatic heterocycles. The predicted molar refractivity (Wildman–Crippen MR) is 91.5 cm³/mol. The molecule has 5 nitrogen and oxygen atoms in total. The second kappa shape index (κ2) is 7.11. The molecule has 0 radical (unpaired) electrons. The number of carbonyl (C=O) groups excluding carboxylic acids is 1. The number of hydrogen-bond acceptors (Lipinski definition) is 4. The van der Waals surface area contributed by atoms with E-state index in [-0.39, 0.29) is 5.91 Å². The van der Waals surface area contributed by atoms with E-state index in [1.807, 2.05) is 55.5 Å². The van der Waals surface area contributed by atoms with Crippen LogP contribution in [0.5, 0.6) is 0 Å². The number of aryl methyl sites for hydroxylation is 1. The van der Waals surface area contributed by atoms with Gasteiger partial charge in [-0.3, -0.25) is 9.89 Å². The van der Waals surface area contributed by atoms with Gasteiger partial charge < -0.3 is 5.32 Å². The summed E-state index contributed by atoms with van der Waals surface area (Å²) in [5.41, 5.74) is 3.72. The van der Waals surface area contributed by atoms with Crippen LogP contribution in [0.4, 0.5) is 5.69 Å². The van der Waals surface area contributed by atoms with Crippen LogP contribution >= 0.6 is 11.8 Å². The third-order valence-corrected chi connectivity index (χ3v) is 4.24. The third kappa shape index (κ3) is 4.20. The molecule has 116 valence electrons. The van der Waals surface area contributed by atoms with E-state index in [1.165, 1.54) is 6.33 Å². The molecule has 3 rings (SSSR count). The summed E-state index contributed by atoms with van der Waals surface area (Å²) < 4.78 is 0. The Morgan fingerprint density at radius 1 is 1.13 bits per heavy atom. The Bertz CT molecular complexity index is 767. The normalized spacial score (nSPS) is 10.5. The summed E-state index contributed by atoms with van der Waals surface area (Å²) in [5, 5.41) is 10.3. The fourth-order valence-corrected chi connectivity index (χ4v) is 2.74. The Labute approximate surface area is 138 Å². The van der Waals surface area contributed by atoms with Gasteiger partial charge in [-0.05, 0) is 36.8 Å². The first-order valence-corrected chi connectivity index (χ1v) is 8.14. The molecule has 0 atom stereocenters. The van der Waals surface area contributed by atoms with E-state index >= 15 is 0 Å². The summed E-state index contributed by atoms with van der Waals surface area (Å²) in [4.78, 5) is 16.3. The number of aromatic amines is 1. The average Bonchev–Trinajstić information content (AvgIpc) is 3.09. The van der Waals surface area contributed by atoms with E-state index in [0.29, 0.717) is 5.56 Å². The highest BCUT2D eigenvalue weighted by Gasteiger charge is 2.06. The highest BCUT2D eigenvalue weighted by atomic mass is 32.2. The van der Waals surface area contributed by atoms with Gasteiger partial charge in [0.1, 0.15) is 6.33 Å². The molecule has 2 N–H and O–H groups in total. The van der Waals surface area contributed by atoms with Crippen molar-refractivity contribution in [1.82, 2.24) is 15.2 Å². The zero-order valence-electron chi connectivity index (χ0n) is 12.6. The number of nitrogens with zero attached hydrogens (tertiary/aromatic N) is 2. The van der Waals surface area contributed by atoms with Crippen LogP contribution in [0.15, 0.2) is 60.0 Å². The summed E-state index contributed by atoms with van der Waals surface area (Å²) in [5.74, 6) is 0.665. The van der Waals surface area contributed by atoms with Crippen molar-refractivity contribution in [3.05, 3.63) is 71.5 Å².